The van der Waals surface area contributed by atoms with E-state index in [2.05, 4.69) is 11.9 Å². The Bertz CT molecular complexity index is 517. The highest BCUT2D eigenvalue weighted by atomic mass is 16.1. The third-order valence-electron chi connectivity index (χ3n) is 2.59. The average Bonchev–Trinajstić information content (AvgIpc) is 2.27. The molecule has 2 aromatic rings. The second-order valence-corrected chi connectivity index (χ2v) is 3.62. The molecule has 0 saturated heterocycles. The highest BCUT2D eigenvalue weighted by molar-refractivity contribution is 5.99. The molecule has 0 saturated carbocycles. The first-order valence-corrected chi connectivity index (χ1v) is 5.11. The van der Waals surface area contributed by atoms with E-state index in [0.717, 1.165) is 28.5 Å². The van der Waals surface area contributed by atoms with Crippen LogP contribution in [0.1, 0.15) is 29.8 Å². The van der Waals surface area contributed by atoms with E-state index in [1.165, 1.54) is 0 Å². The molecule has 0 amide bonds. The first kappa shape index (κ1) is 9.84. The summed E-state index contributed by atoms with van der Waals surface area (Å²) in [4.78, 5) is 15.7. The molecule has 0 bridgehead atoms. The van der Waals surface area contributed by atoms with Crippen molar-refractivity contribution in [2.24, 2.45) is 0 Å². The SMILES string of the molecule is CCc1cc2ncccc2cc1C(C)=O. The molecule has 0 spiro atoms. The van der Waals surface area contributed by atoms with Gasteiger partial charge in [0.2, 0.25) is 0 Å². The molecule has 0 N–H and O–H groups in total. The Morgan fingerprint density at radius 1 is 1.40 bits per heavy atom. The molecule has 76 valence electrons. The lowest BCUT2D eigenvalue weighted by molar-refractivity contribution is 0.101. The molecule has 1 aromatic heterocycles. The molecule has 2 rings (SSSR count). The molecule has 0 radical (unpaired) electrons. The minimum absolute atomic E-state index is 0.123. The van der Waals surface area contributed by atoms with Crippen molar-refractivity contribution in [2.75, 3.05) is 0 Å². The summed E-state index contributed by atoms with van der Waals surface area (Å²) in [6.45, 7) is 3.66. The second-order valence-electron chi connectivity index (χ2n) is 3.62. The quantitative estimate of drug-likeness (QED) is 0.696. The van der Waals surface area contributed by atoms with Crippen molar-refractivity contribution < 1.29 is 4.79 Å². The van der Waals surface area contributed by atoms with E-state index in [-0.39, 0.29) is 5.78 Å². The number of carbonyl (C=O) groups is 1. The first-order valence-electron chi connectivity index (χ1n) is 5.11. The van der Waals surface area contributed by atoms with Crippen molar-refractivity contribution in [2.45, 2.75) is 20.3 Å². The highest BCUT2D eigenvalue weighted by Crippen LogP contribution is 2.19. The lowest BCUT2D eigenvalue weighted by Gasteiger charge is -2.06. The summed E-state index contributed by atoms with van der Waals surface area (Å²) >= 11 is 0. The zero-order valence-electron chi connectivity index (χ0n) is 8.95. The van der Waals surface area contributed by atoms with Gasteiger partial charge in [-0.3, -0.25) is 9.78 Å². The fourth-order valence-electron chi connectivity index (χ4n) is 1.78. The van der Waals surface area contributed by atoms with Crippen LogP contribution in [0.2, 0.25) is 0 Å². The van der Waals surface area contributed by atoms with Gasteiger partial charge in [-0.1, -0.05) is 13.0 Å². The molecule has 0 fully saturated rings. The van der Waals surface area contributed by atoms with Crippen molar-refractivity contribution in [1.29, 1.82) is 0 Å². The van der Waals surface area contributed by atoms with Crippen molar-refractivity contribution in [3.05, 3.63) is 41.6 Å². The Morgan fingerprint density at radius 2 is 2.20 bits per heavy atom. The highest BCUT2D eigenvalue weighted by Gasteiger charge is 2.07. The molecule has 15 heavy (non-hydrogen) atoms. The predicted molar refractivity (Wildman–Crippen MR) is 61.1 cm³/mol. The van der Waals surface area contributed by atoms with Crippen LogP contribution in [-0.2, 0) is 6.42 Å². The zero-order chi connectivity index (χ0) is 10.8. The van der Waals surface area contributed by atoms with Crippen molar-refractivity contribution in [3.63, 3.8) is 0 Å². The van der Waals surface area contributed by atoms with Crippen LogP contribution >= 0.6 is 0 Å². The second kappa shape index (κ2) is 3.81. The van der Waals surface area contributed by atoms with Crippen LogP contribution in [0.15, 0.2) is 30.5 Å². The third kappa shape index (κ3) is 1.75. The summed E-state index contributed by atoms with van der Waals surface area (Å²) in [5.41, 5.74) is 2.85. The number of aromatic nitrogens is 1. The zero-order valence-corrected chi connectivity index (χ0v) is 8.95. The molecule has 0 aliphatic rings. The normalized spacial score (nSPS) is 10.5. The largest absolute Gasteiger partial charge is 0.295 e. The standard InChI is InChI=1S/C13H13NO/c1-3-10-8-13-11(5-4-6-14-13)7-12(10)9(2)15/h4-8H,3H2,1-2H3. The van der Waals surface area contributed by atoms with Gasteiger partial charge in [-0.05, 0) is 37.1 Å². The van der Waals surface area contributed by atoms with E-state index in [1.807, 2.05) is 24.3 Å². The van der Waals surface area contributed by atoms with E-state index in [1.54, 1.807) is 13.1 Å². The summed E-state index contributed by atoms with van der Waals surface area (Å²) in [6.07, 6.45) is 2.64. The van der Waals surface area contributed by atoms with Gasteiger partial charge in [-0.25, -0.2) is 0 Å². The van der Waals surface area contributed by atoms with E-state index in [4.69, 9.17) is 0 Å². The van der Waals surface area contributed by atoms with Crippen LogP contribution in [0.5, 0.6) is 0 Å². The summed E-state index contributed by atoms with van der Waals surface area (Å²) in [6, 6.07) is 7.81. The maximum atomic E-state index is 11.4. The maximum Gasteiger partial charge on any atom is 0.160 e. The van der Waals surface area contributed by atoms with Gasteiger partial charge in [-0.15, -0.1) is 0 Å². The molecule has 0 atom stereocenters. The predicted octanol–water partition coefficient (Wildman–Crippen LogP) is 3.00. The van der Waals surface area contributed by atoms with Crippen molar-refractivity contribution in [1.82, 2.24) is 4.98 Å². The Labute approximate surface area is 89.0 Å². The number of ketones is 1. The molecular formula is C13H13NO. The smallest absolute Gasteiger partial charge is 0.160 e. The molecule has 0 unspecified atom stereocenters. The van der Waals surface area contributed by atoms with Crippen LogP contribution in [0.25, 0.3) is 10.9 Å². The minimum atomic E-state index is 0.123. The number of fused-ring (bicyclic) bond motifs is 1. The number of rotatable bonds is 2. The van der Waals surface area contributed by atoms with Crippen molar-refractivity contribution >= 4 is 16.7 Å². The number of benzene rings is 1. The van der Waals surface area contributed by atoms with E-state index < -0.39 is 0 Å². The Balaban J connectivity index is 2.74. The van der Waals surface area contributed by atoms with E-state index >= 15 is 0 Å². The molecule has 0 aliphatic heterocycles. The molecular weight excluding hydrogens is 186 g/mol. The average molecular weight is 199 g/mol. The fraction of sp³-hybridized carbons (Fsp3) is 0.231. The van der Waals surface area contributed by atoms with Crippen LogP contribution in [0.4, 0.5) is 0 Å². The minimum Gasteiger partial charge on any atom is -0.295 e. The topological polar surface area (TPSA) is 30.0 Å². The monoisotopic (exact) mass is 199 g/mol. The molecule has 0 aliphatic carbocycles. The van der Waals surface area contributed by atoms with E-state index in [0.29, 0.717) is 0 Å². The van der Waals surface area contributed by atoms with Gasteiger partial charge in [0.25, 0.3) is 0 Å². The summed E-state index contributed by atoms with van der Waals surface area (Å²) in [5, 5.41) is 1.03. The fourth-order valence-corrected chi connectivity index (χ4v) is 1.78. The summed E-state index contributed by atoms with van der Waals surface area (Å²) in [5.74, 6) is 0.123. The van der Waals surface area contributed by atoms with Crippen LogP contribution in [-0.4, -0.2) is 10.8 Å². The third-order valence-corrected chi connectivity index (χ3v) is 2.59. The van der Waals surface area contributed by atoms with Gasteiger partial charge in [-0.2, -0.15) is 0 Å². The number of pyridine rings is 1. The number of aryl methyl sites for hydroxylation is 1. The van der Waals surface area contributed by atoms with Crippen molar-refractivity contribution in [3.8, 4) is 0 Å². The lowest BCUT2D eigenvalue weighted by atomic mass is 9.99. The first-order chi connectivity index (χ1) is 7.22. The Kier molecular flexibility index (Phi) is 2.50. The Hall–Kier alpha value is -1.70. The number of nitrogens with zero attached hydrogens (tertiary/aromatic N) is 1. The van der Waals surface area contributed by atoms with Crippen LogP contribution < -0.4 is 0 Å². The molecule has 1 aromatic carbocycles. The van der Waals surface area contributed by atoms with Gasteiger partial charge in [0.15, 0.2) is 5.78 Å². The molecule has 1 heterocycles. The van der Waals surface area contributed by atoms with Gasteiger partial charge >= 0.3 is 0 Å². The number of hydrogen-bond donors (Lipinski definition) is 0. The number of carbonyl (C=O) groups excluding carboxylic acids is 1. The van der Waals surface area contributed by atoms with Gasteiger partial charge in [0.05, 0.1) is 5.52 Å². The molecule has 2 nitrogen and oxygen atoms in total. The summed E-state index contributed by atoms with van der Waals surface area (Å²) < 4.78 is 0. The van der Waals surface area contributed by atoms with Crippen LogP contribution in [0, 0.1) is 0 Å². The maximum absolute atomic E-state index is 11.4. The van der Waals surface area contributed by atoms with E-state index in [9.17, 15) is 4.79 Å². The van der Waals surface area contributed by atoms with Gasteiger partial charge in [0.1, 0.15) is 0 Å². The number of hydrogen-bond acceptors (Lipinski definition) is 2. The molecule has 2 heteroatoms. The summed E-state index contributed by atoms with van der Waals surface area (Å²) in [7, 11) is 0. The van der Waals surface area contributed by atoms with Gasteiger partial charge < -0.3 is 0 Å². The lowest BCUT2D eigenvalue weighted by Crippen LogP contribution is -1.99. The number of Topliss-reactive ketones (excluding diaryl/α,β-unsaturated/α-hetero) is 1. The van der Waals surface area contributed by atoms with Gasteiger partial charge in [0, 0.05) is 17.1 Å². The van der Waals surface area contributed by atoms with Crippen LogP contribution in [0.3, 0.4) is 0 Å². The Morgan fingerprint density at radius 3 is 2.87 bits per heavy atom.